The lowest BCUT2D eigenvalue weighted by atomic mass is 9.99. The molecule has 0 bridgehead atoms. The van der Waals surface area contributed by atoms with Crippen molar-refractivity contribution in [1.82, 2.24) is 4.98 Å². The highest BCUT2D eigenvalue weighted by molar-refractivity contribution is 9.12. The molecule has 2 rings (SSSR count). The van der Waals surface area contributed by atoms with Gasteiger partial charge in [-0.15, -0.1) is 0 Å². The average molecular weight is 459 g/mol. The van der Waals surface area contributed by atoms with E-state index in [1.165, 1.54) is 0 Å². The van der Waals surface area contributed by atoms with Gasteiger partial charge >= 0.3 is 0 Å². The normalized spacial score (nSPS) is 13.4. The third kappa shape index (κ3) is 4.29. The van der Waals surface area contributed by atoms with Crippen LogP contribution in [0.1, 0.15) is 18.9 Å². The summed E-state index contributed by atoms with van der Waals surface area (Å²) in [6.07, 6.45) is 4.49. The fourth-order valence-electron chi connectivity index (χ4n) is 2.23. The van der Waals surface area contributed by atoms with Gasteiger partial charge in [0.1, 0.15) is 0 Å². The van der Waals surface area contributed by atoms with Crippen molar-refractivity contribution in [2.24, 2.45) is 0 Å². The van der Waals surface area contributed by atoms with E-state index in [0.29, 0.717) is 17.7 Å². The maximum atomic E-state index is 9.67. The highest BCUT2D eigenvalue weighted by atomic mass is 79.9. The van der Waals surface area contributed by atoms with Crippen molar-refractivity contribution >= 4 is 31.9 Å². The number of hydrogen-bond acceptors (Lipinski definition) is 4. The smallest absolute Gasteiger partial charge is 0.161 e. The van der Waals surface area contributed by atoms with E-state index in [9.17, 15) is 5.11 Å². The van der Waals surface area contributed by atoms with Crippen LogP contribution in [0.2, 0.25) is 0 Å². The van der Waals surface area contributed by atoms with Crippen molar-refractivity contribution in [2.45, 2.75) is 17.7 Å². The van der Waals surface area contributed by atoms with E-state index in [4.69, 9.17) is 9.47 Å². The van der Waals surface area contributed by atoms with Gasteiger partial charge in [-0.25, -0.2) is 0 Å². The van der Waals surface area contributed by atoms with Gasteiger partial charge in [0.15, 0.2) is 11.5 Å². The van der Waals surface area contributed by atoms with Crippen LogP contribution in [-0.4, -0.2) is 35.7 Å². The molecule has 1 aromatic carbocycles. The first kappa shape index (κ1) is 19.2. The van der Waals surface area contributed by atoms with E-state index in [0.717, 1.165) is 28.9 Å². The summed E-state index contributed by atoms with van der Waals surface area (Å²) in [5.41, 5.74) is 2.85. The molecule has 1 unspecified atom stereocenters. The summed E-state index contributed by atoms with van der Waals surface area (Å²) in [6.45, 7) is 2.67. The first-order valence-electron chi connectivity index (χ1n) is 7.70. The van der Waals surface area contributed by atoms with Crippen molar-refractivity contribution in [3.63, 3.8) is 0 Å². The summed E-state index contributed by atoms with van der Waals surface area (Å²) in [6, 6.07) is 7.84. The Balaban J connectivity index is 2.41. The Bertz CT molecular complexity index is 675. The van der Waals surface area contributed by atoms with Crippen molar-refractivity contribution in [1.29, 1.82) is 0 Å². The number of ether oxygens (including phenoxy) is 2. The molecule has 0 amide bonds. The quantitative estimate of drug-likeness (QED) is 0.590. The predicted octanol–water partition coefficient (Wildman–Crippen LogP) is 4.52. The first-order valence-corrected chi connectivity index (χ1v) is 9.62. The first-order chi connectivity index (χ1) is 11.6. The van der Waals surface area contributed by atoms with Gasteiger partial charge in [0.2, 0.25) is 0 Å². The second-order valence-electron chi connectivity index (χ2n) is 5.43. The largest absolute Gasteiger partial charge is 0.493 e. The van der Waals surface area contributed by atoms with Gasteiger partial charge in [-0.05, 0) is 35.7 Å². The minimum Gasteiger partial charge on any atom is -0.493 e. The summed E-state index contributed by atoms with van der Waals surface area (Å²) in [5.74, 6) is 1.43. The van der Waals surface area contributed by atoms with Crippen LogP contribution in [0.25, 0.3) is 11.1 Å². The van der Waals surface area contributed by atoms with Crippen molar-refractivity contribution < 1.29 is 14.6 Å². The van der Waals surface area contributed by atoms with Crippen LogP contribution in [-0.2, 0) is 4.32 Å². The second kappa shape index (κ2) is 8.83. The molecule has 6 heteroatoms. The summed E-state index contributed by atoms with van der Waals surface area (Å²) < 4.78 is 10.6. The fourth-order valence-corrected chi connectivity index (χ4v) is 2.95. The number of hydrogen-bond donors (Lipinski definition) is 1. The fraction of sp³-hybridized carbons (Fsp3) is 0.389. The van der Waals surface area contributed by atoms with Crippen LogP contribution in [0.5, 0.6) is 11.5 Å². The molecule has 0 aliphatic rings. The topological polar surface area (TPSA) is 51.6 Å². The average Bonchev–Trinajstić information content (AvgIpc) is 2.65. The van der Waals surface area contributed by atoms with Gasteiger partial charge < -0.3 is 14.6 Å². The number of aliphatic hydroxyl groups excluding tert-OH is 1. The number of pyridine rings is 1. The summed E-state index contributed by atoms with van der Waals surface area (Å²) in [4.78, 5) is 4.32. The lowest BCUT2D eigenvalue weighted by Crippen LogP contribution is -2.24. The molecule has 1 atom stereocenters. The van der Waals surface area contributed by atoms with Crippen LogP contribution < -0.4 is 9.47 Å². The maximum absolute atomic E-state index is 9.67. The van der Waals surface area contributed by atoms with Crippen molar-refractivity contribution in [2.75, 3.05) is 25.7 Å². The monoisotopic (exact) mass is 457 g/mol. The standard InChI is InChI=1S/C18H21Br2NO3/c1-3-6-24-17-8-13(4-5-16(17)23-2)14-7-15(10-21-9-14)18(20,11-19)12-22/h4-5,7-10,22H,3,6,11-12H2,1-2H3. The van der Waals surface area contributed by atoms with Crippen LogP contribution >= 0.6 is 31.9 Å². The van der Waals surface area contributed by atoms with Gasteiger partial charge in [-0.2, -0.15) is 0 Å². The molecule has 1 aromatic heterocycles. The molecule has 0 aliphatic carbocycles. The van der Waals surface area contributed by atoms with Crippen LogP contribution in [0.15, 0.2) is 36.7 Å². The molecule has 0 saturated heterocycles. The molecular weight excluding hydrogens is 438 g/mol. The van der Waals surface area contributed by atoms with Crippen LogP contribution in [0.3, 0.4) is 0 Å². The number of nitrogens with zero attached hydrogens (tertiary/aromatic N) is 1. The third-order valence-electron chi connectivity index (χ3n) is 3.68. The van der Waals surface area contributed by atoms with E-state index < -0.39 is 4.32 Å². The molecule has 1 heterocycles. The predicted molar refractivity (Wildman–Crippen MR) is 103 cm³/mol. The number of alkyl halides is 2. The van der Waals surface area contributed by atoms with E-state index in [1.54, 1.807) is 19.5 Å². The van der Waals surface area contributed by atoms with E-state index in [2.05, 4.69) is 43.8 Å². The Morgan fingerprint density at radius 3 is 2.58 bits per heavy atom. The number of halogens is 2. The van der Waals surface area contributed by atoms with Crippen LogP contribution in [0.4, 0.5) is 0 Å². The van der Waals surface area contributed by atoms with Gasteiger partial charge in [-0.3, -0.25) is 4.98 Å². The molecule has 130 valence electrons. The Labute approximate surface area is 159 Å². The Morgan fingerprint density at radius 2 is 1.96 bits per heavy atom. The minimum absolute atomic E-state index is 0.0309. The van der Waals surface area contributed by atoms with E-state index in [1.807, 2.05) is 24.3 Å². The zero-order valence-electron chi connectivity index (χ0n) is 13.8. The number of methoxy groups -OCH3 is 1. The lowest BCUT2D eigenvalue weighted by Gasteiger charge is -2.23. The zero-order valence-corrected chi connectivity index (χ0v) is 16.9. The van der Waals surface area contributed by atoms with Gasteiger partial charge in [-0.1, -0.05) is 44.8 Å². The van der Waals surface area contributed by atoms with Crippen molar-refractivity contribution in [3.05, 3.63) is 42.2 Å². The molecule has 1 N–H and O–H groups in total. The molecule has 0 fully saturated rings. The molecule has 0 saturated carbocycles. The second-order valence-corrected chi connectivity index (χ2v) is 7.51. The van der Waals surface area contributed by atoms with Gasteiger partial charge in [0.25, 0.3) is 0 Å². The zero-order chi connectivity index (χ0) is 17.6. The summed E-state index contributed by atoms with van der Waals surface area (Å²) in [7, 11) is 1.63. The molecule has 0 spiro atoms. The molecule has 0 radical (unpaired) electrons. The Morgan fingerprint density at radius 1 is 1.17 bits per heavy atom. The highest BCUT2D eigenvalue weighted by Gasteiger charge is 2.27. The molecule has 4 nitrogen and oxygen atoms in total. The molecular formula is C18H21Br2NO3. The Hall–Kier alpha value is -1.11. The van der Waals surface area contributed by atoms with E-state index in [-0.39, 0.29) is 6.61 Å². The number of benzene rings is 1. The summed E-state index contributed by atoms with van der Waals surface area (Å²) >= 11 is 7.03. The SMILES string of the molecule is CCCOc1cc(-c2cncc(C(Br)(CO)CBr)c2)ccc1OC. The number of aliphatic hydroxyl groups is 1. The van der Waals surface area contributed by atoms with Gasteiger partial charge in [0, 0.05) is 23.3 Å². The highest BCUT2D eigenvalue weighted by Crippen LogP contribution is 2.36. The summed E-state index contributed by atoms with van der Waals surface area (Å²) in [5, 5.41) is 10.2. The minimum atomic E-state index is -0.552. The number of rotatable bonds is 8. The molecule has 0 aliphatic heterocycles. The molecule has 2 aromatic rings. The molecule has 24 heavy (non-hydrogen) atoms. The third-order valence-corrected chi connectivity index (χ3v) is 6.38. The lowest BCUT2D eigenvalue weighted by molar-refractivity contribution is 0.263. The maximum Gasteiger partial charge on any atom is 0.161 e. The van der Waals surface area contributed by atoms with Crippen molar-refractivity contribution in [3.8, 4) is 22.6 Å². The van der Waals surface area contributed by atoms with Crippen LogP contribution in [0, 0.1) is 0 Å². The Kier molecular flexibility index (Phi) is 7.07. The van der Waals surface area contributed by atoms with E-state index >= 15 is 0 Å². The van der Waals surface area contributed by atoms with Gasteiger partial charge in [0.05, 0.1) is 24.6 Å². The number of aromatic nitrogens is 1.